The Kier molecular flexibility index (Phi) is 1.84. The maximum absolute atomic E-state index is 13.1. The lowest BCUT2D eigenvalue weighted by Gasteiger charge is -2.24. The summed E-state index contributed by atoms with van der Waals surface area (Å²) in [5, 5.41) is -0.324. The molecule has 108 valence electrons. The number of aryl methyl sites for hydroxylation is 1. The molecule has 0 aliphatic heterocycles. The van der Waals surface area contributed by atoms with Gasteiger partial charge in [-0.3, -0.25) is 19.0 Å². The molecule has 0 saturated heterocycles. The molecule has 0 amide bonds. The second-order valence-corrected chi connectivity index (χ2v) is 4.63. The molecular formula is C15H15N3O3. The first-order chi connectivity index (χ1) is 12.6. The van der Waals surface area contributed by atoms with Crippen LogP contribution in [0.4, 0.5) is 5.69 Å². The Morgan fingerprint density at radius 3 is 3.05 bits per heavy atom. The summed E-state index contributed by atoms with van der Waals surface area (Å²) in [6.45, 7) is -1.83. The molecule has 3 rings (SSSR count). The number of aromatic nitrogens is 2. The minimum Gasteiger partial charge on any atom is -0.398 e. The van der Waals surface area contributed by atoms with Gasteiger partial charge >= 0.3 is 0 Å². The van der Waals surface area contributed by atoms with Gasteiger partial charge in [0.25, 0.3) is 5.56 Å². The van der Waals surface area contributed by atoms with Gasteiger partial charge in [0.15, 0.2) is 5.78 Å². The van der Waals surface area contributed by atoms with E-state index in [1.165, 1.54) is 0 Å². The molecule has 1 aromatic heterocycles. The maximum Gasteiger partial charge on any atom is 0.264 e. The quantitative estimate of drug-likeness (QED) is 0.628. The van der Waals surface area contributed by atoms with Gasteiger partial charge in [-0.05, 0) is 25.4 Å². The van der Waals surface area contributed by atoms with E-state index in [2.05, 4.69) is 4.98 Å². The summed E-state index contributed by atoms with van der Waals surface area (Å²) in [6, 6.07) is -1.12. The van der Waals surface area contributed by atoms with Crippen LogP contribution in [0, 0.1) is 6.88 Å². The van der Waals surface area contributed by atoms with Crippen LogP contribution in [0.2, 0.25) is 0 Å². The molecular weight excluding hydrogens is 270 g/mol. The average Bonchev–Trinajstić information content (AvgIpc) is 2.58. The van der Waals surface area contributed by atoms with Crippen molar-refractivity contribution in [3.05, 3.63) is 34.3 Å². The number of ketones is 2. The van der Waals surface area contributed by atoms with Gasteiger partial charge in [-0.1, -0.05) is 6.07 Å². The zero-order valence-corrected chi connectivity index (χ0v) is 10.8. The summed E-state index contributed by atoms with van der Waals surface area (Å²) in [5.41, 5.74) is 4.32. The van der Waals surface area contributed by atoms with E-state index in [0.717, 1.165) is 6.07 Å². The highest BCUT2D eigenvalue weighted by molar-refractivity contribution is 6.03. The normalized spacial score (nSPS) is 30.4. The van der Waals surface area contributed by atoms with Crippen LogP contribution in [-0.4, -0.2) is 21.1 Å². The third-order valence-corrected chi connectivity index (χ3v) is 3.27. The topological polar surface area (TPSA) is 95.0 Å². The number of hydrogen-bond donors (Lipinski definition) is 1. The average molecular weight is 291 g/mol. The number of carbonyl (C=O) groups is 2. The molecule has 1 fully saturated rings. The first kappa shape index (κ1) is 8.07. The number of hydrogen-bond acceptors (Lipinski definition) is 5. The fraction of sp³-hybridized carbons (Fsp3) is 0.333. The van der Waals surface area contributed by atoms with E-state index < -0.39 is 55.1 Å². The predicted molar refractivity (Wildman–Crippen MR) is 78.1 cm³/mol. The van der Waals surface area contributed by atoms with Crippen molar-refractivity contribution in [2.75, 3.05) is 5.73 Å². The second-order valence-electron chi connectivity index (χ2n) is 4.63. The van der Waals surface area contributed by atoms with E-state index in [0.29, 0.717) is 4.57 Å². The van der Waals surface area contributed by atoms with E-state index in [-0.39, 0.29) is 28.7 Å². The molecule has 3 atom stereocenters. The zero-order valence-electron chi connectivity index (χ0n) is 16.8. The Morgan fingerprint density at radius 2 is 2.29 bits per heavy atom. The summed E-state index contributed by atoms with van der Waals surface area (Å²) in [4.78, 5) is 41.1. The molecule has 2 N–H and O–H groups in total. The molecule has 21 heavy (non-hydrogen) atoms. The standard InChI is InChI=1S/C15H15N3O3/c1-8-17-11-4-2-3-10(16)14(11)15(21)18(8)12-6-5-9(19)7-13(12)20/h2-4,12H,5-7,16H2,1H3/i1D2,3D,4D,5D,6D. The third-order valence-electron chi connectivity index (χ3n) is 3.27. The van der Waals surface area contributed by atoms with Gasteiger partial charge in [-0.2, -0.15) is 0 Å². The Hall–Kier alpha value is -2.50. The molecule has 6 nitrogen and oxygen atoms in total. The molecule has 1 saturated carbocycles. The monoisotopic (exact) mass is 291 g/mol. The summed E-state index contributed by atoms with van der Waals surface area (Å²) < 4.78 is 47.5. The van der Waals surface area contributed by atoms with Crippen LogP contribution in [-0.2, 0) is 9.59 Å². The maximum atomic E-state index is 13.1. The largest absolute Gasteiger partial charge is 0.398 e. The molecule has 3 unspecified atom stereocenters. The van der Waals surface area contributed by atoms with Crippen LogP contribution in [0.3, 0.4) is 0 Å². The Morgan fingerprint density at radius 1 is 1.48 bits per heavy atom. The van der Waals surface area contributed by atoms with Gasteiger partial charge in [-0.25, -0.2) is 4.98 Å². The number of carbonyl (C=O) groups excluding carboxylic acids is 2. The highest BCUT2D eigenvalue weighted by Gasteiger charge is 2.30. The lowest BCUT2D eigenvalue weighted by atomic mass is 9.92. The first-order valence-corrected chi connectivity index (χ1v) is 6.12. The second kappa shape index (κ2) is 4.80. The minimum atomic E-state index is -1.83. The van der Waals surface area contributed by atoms with Crippen molar-refractivity contribution < 1.29 is 17.8 Å². The fourth-order valence-electron chi connectivity index (χ4n) is 2.29. The van der Waals surface area contributed by atoms with Crippen LogP contribution in [0.25, 0.3) is 10.9 Å². The Labute approximate surface area is 129 Å². The fourth-order valence-corrected chi connectivity index (χ4v) is 2.29. The highest BCUT2D eigenvalue weighted by atomic mass is 16.2. The molecule has 2 aromatic rings. The Balaban J connectivity index is 2.42. The molecule has 0 spiro atoms. The number of rotatable bonds is 1. The van der Waals surface area contributed by atoms with Crippen molar-refractivity contribution in [1.29, 1.82) is 0 Å². The third kappa shape index (κ3) is 2.12. The van der Waals surface area contributed by atoms with Crippen molar-refractivity contribution in [2.24, 2.45) is 0 Å². The number of Topliss-reactive ketones (excluding diaryl/α,β-unsaturated/α-hetero) is 2. The summed E-state index contributed by atoms with van der Waals surface area (Å²) in [6.07, 6.45) is -3.83. The lowest BCUT2D eigenvalue weighted by molar-refractivity contribution is -0.132. The van der Waals surface area contributed by atoms with Gasteiger partial charge < -0.3 is 5.73 Å². The SMILES string of the molecule is [2H]c1cc([2H])c2nc(C([2H])[2H])n(C3C(=O)CC(=O)C([2H])C3[2H])c(=O)c2c1N. The van der Waals surface area contributed by atoms with Crippen molar-refractivity contribution in [1.82, 2.24) is 9.55 Å². The predicted octanol–water partition coefficient (Wildman–Crippen LogP) is 1.15. The summed E-state index contributed by atoms with van der Waals surface area (Å²) in [5.74, 6) is -2.02. The molecule has 1 aliphatic rings. The number of benzene rings is 1. The van der Waals surface area contributed by atoms with Gasteiger partial charge in [-0.15, -0.1) is 0 Å². The van der Waals surface area contributed by atoms with E-state index in [1.54, 1.807) is 0 Å². The van der Waals surface area contributed by atoms with Crippen LogP contribution in [0.1, 0.15) is 39.3 Å². The van der Waals surface area contributed by atoms with Crippen molar-refractivity contribution >= 4 is 28.2 Å². The zero-order chi connectivity index (χ0) is 20.2. The molecule has 1 aromatic carbocycles. The number of nitrogens with zero attached hydrogens (tertiary/aromatic N) is 2. The van der Waals surface area contributed by atoms with Crippen LogP contribution < -0.4 is 11.3 Å². The number of nitrogen functional groups attached to an aromatic ring is 1. The molecule has 1 heterocycles. The number of fused-ring (bicyclic) bond motifs is 1. The van der Waals surface area contributed by atoms with Crippen LogP contribution in [0.5, 0.6) is 0 Å². The van der Waals surface area contributed by atoms with Crippen molar-refractivity contribution in [2.45, 2.75) is 32.1 Å². The summed E-state index contributed by atoms with van der Waals surface area (Å²) >= 11 is 0. The van der Waals surface area contributed by atoms with E-state index in [4.69, 9.17) is 14.0 Å². The molecule has 6 heteroatoms. The Bertz CT molecular complexity index is 1040. The van der Waals surface area contributed by atoms with Gasteiger partial charge in [0.1, 0.15) is 11.6 Å². The summed E-state index contributed by atoms with van der Waals surface area (Å²) in [7, 11) is 0. The van der Waals surface area contributed by atoms with Crippen molar-refractivity contribution in [3.8, 4) is 0 Å². The van der Waals surface area contributed by atoms with Crippen molar-refractivity contribution in [3.63, 3.8) is 0 Å². The number of anilines is 1. The highest BCUT2D eigenvalue weighted by Crippen LogP contribution is 2.24. The van der Waals surface area contributed by atoms with Crippen LogP contribution in [0.15, 0.2) is 22.9 Å². The van der Waals surface area contributed by atoms with Gasteiger partial charge in [0.2, 0.25) is 0 Å². The lowest BCUT2D eigenvalue weighted by Crippen LogP contribution is -2.36. The molecule has 0 bridgehead atoms. The van der Waals surface area contributed by atoms with Gasteiger partial charge in [0, 0.05) is 17.6 Å². The van der Waals surface area contributed by atoms with E-state index in [1.807, 2.05) is 0 Å². The van der Waals surface area contributed by atoms with E-state index >= 15 is 0 Å². The number of nitrogens with two attached hydrogens (primary N) is 1. The van der Waals surface area contributed by atoms with E-state index in [9.17, 15) is 14.4 Å². The van der Waals surface area contributed by atoms with Gasteiger partial charge in [0.05, 0.1) is 26.1 Å². The first-order valence-electron chi connectivity index (χ1n) is 9.43. The smallest absolute Gasteiger partial charge is 0.264 e. The minimum absolute atomic E-state index is 0.215. The molecule has 0 radical (unpaired) electrons. The van der Waals surface area contributed by atoms with Crippen LogP contribution >= 0.6 is 0 Å². The molecule has 1 aliphatic carbocycles.